The summed E-state index contributed by atoms with van der Waals surface area (Å²) >= 11 is 0. The van der Waals surface area contributed by atoms with E-state index in [1.54, 1.807) is 63.4 Å². The molecular weight excluding hydrogens is 682 g/mol. The molecule has 1 amide bonds. The number of rotatable bonds is 12. The topological polar surface area (TPSA) is 210 Å². The Balaban J connectivity index is 0.00000137. The smallest absolute Gasteiger partial charge is 0.475 e. The van der Waals surface area contributed by atoms with Crippen molar-refractivity contribution in [2.45, 2.75) is 38.7 Å². The predicted molar refractivity (Wildman–Crippen MR) is 156 cm³/mol. The van der Waals surface area contributed by atoms with E-state index in [1.807, 2.05) is 0 Å². The quantitative estimate of drug-likeness (QED) is 0.108. The van der Waals surface area contributed by atoms with Crippen molar-refractivity contribution in [2.24, 2.45) is 0 Å². The van der Waals surface area contributed by atoms with Crippen molar-refractivity contribution in [3.8, 4) is 0 Å². The van der Waals surface area contributed by atoms with Gasteiger partial charge in [0.05, 0.1) is 13.1 Å². The van der Waals surface area contributed by atoms with Crippen molar-refractivity contribution in [1.82, 2.24) is 20.6 Å². The molecule has 1 unspecified atom stereocenters. The summed E-state index contributed by atoms with van der Waals surface area (Å²) in [4.78, 5) is 65.5. The largest absolute Gasteiger partial charge is 0.490 e. The van der Waals surface area contributed by atoms with Gasteiger partial charge in [-0.05, 0) is 33.2 Å². The van der Waals surface area contributed by atoms with Gasteiger partial charge in [0.25, 0.3) is 0 Å². The van der Waals surface area contributed by atoms with Crippen molar-refractivity contribution in [2.75, 3.05) is 51.1 Å². The van der Waals surface area contributed by atoms with Crippen LogP contribution in [0.3, 0.4) is 0 Å². The number of carbonyl (C=O) groups excluding carboxylic acids is 3. The Morgan fingerprint density at radius 2 is 1.14 bits per heavy atom. The first-order chi connectivity index (χ1) is 22.7. The lowest BCUT2D eigenvalue weighted by Crippen LogP contribution is -2.39. The molecule has 1 atom stereocenters. The number of ether oxygens (including phenoxy) is 3. The number of carboxylic acids is 2. The number of amides is 1. The first kappa shape index (κ1) is 43.8. The Morgan fingerprint density at radius 3 is 1.51 bits per heavy atom. The summed E-state index contributed by atoms with van der Waals surface area (Å²) in [5.74, 6) is -5.53. The van der Waals surface area contributed by atoms with Crippen molar-refractivity contribution < 1.29 is 74.7 Å². The molecule has 2 heterocycles. The minimum absolute atomic E-state index is 0.0260. The van der Waals surface area contributed by atoms with Crippen molar-refractivity contribution in [1.29, 1.82) is 0 Å². The highest BCUT2D eigenvalue weighted by molar-refractivity contribution is 5.87. The van der Waals surface area contributed by atoms with Gasteiger partial charge >= 0.3 is 42.3 Å². The molecule has 49 heavy (non-hydrogen) atoms. The molecule has 0 saturated heterocycles. The number of likely N-dealkylation sites (N-methyl/N-ethyl adjacent to an activating group) is 2. The van der Waals surface area contributed by atoms with E-state index < -0.39 is 48.6 Å². The molecule has 0 spiro atoms. The van der Waals surface area contributed by atoms with Gasteiger partial charge in [0.2, 0.25) is 0 Å². The number of aromatic nitrogens is 2. The lowest BCUT2D eigenvalue weighted by molar-refractivity contribution is -0.193. The van der Waals surface area contributed by atoms with E-state index in [0.29, 0.717) is 22.8 Å². The van der Waals surface area contributed by atoms with E-state index in [2.05, 4.69) is 20.6 Å². The number of hydrogen-bond donors (Lipinski definition) is 4. The first-order valence-electron chi connectivity index (χ1n) is 13.4. The molecule has 22 heteroatoms. The maximum atomic E-state index is 12.9. The number of carbonyl (C=O) groups is 5. The van der Waals surface area contributed by atoms with Gasteiger partial charge in [0.15, 0.2) is 6.23 Å². The third-order valence-corrected chi connectivity index (χ3v) is 5.38. The molecule has 2 aromatic rings. The highest BCUT2D eigenvalue weighted by Gasteiger charge is 2.39. The van der Waals surface area contributed by atoms with E-state index in [4.69, 9.17) is 34.0 Å². The Kier molecular flexibility index (Phi) is 18.6. The number of nitrogens with zero attached hydrogens (tertiary/aromatic N) is 4. The Labute approximate surface area is 274 Å². The zero-order valence-corrected chi connectivity index (χ0v) is 26.6. The molecule has 2 aromatic heterocycles. The van der Waals surface area contributed by atoms with Gasteiger partial charge in [0, 0.05) is 37.6 Å². The molecule has 2 rings (SSSR count). The number of aliphatic carboxylic acids is 2. The minimum Gasteiger partial charge on any atom is -0.475 e. The molecule has 0 aliphatic rings. The van der Waals surface area contributed by atoms with Crippen LogP contribution in [-0.4, -0.2) is 110 Å². The van der Waals surface area contributed by atoms with Crippen molar-refractivity contribution in [3.63, 3.8) is 0 Å². The molecule has 0 fully saturated rings. The highest BCUT2D eigenvalue weighted by atomic mass is 19.4. The van der Waals surface area contributed by atoms with Crippen LogP contribution in [0.2, 0.25) is 0 Å². The maximum absolute atomic E-state index is 12.9. The summed E-state index contributed by atoms with van der Waals surface area (Å²) in [5, 5.41) is 19.7. The first-order valence-corrected chi connectivity index (χ1v) is 13.4. The van der Waals surface area contributed by atoms with Gasteiger partial charge in [-0.2, -0.15) is 26.3 Å². The molecule has 274 valence electrons. The lowest BCUT2D eigenvalue weighted by atomic mass is 10.2. The fraction of sp³-hybridized carbons (Fsp3) is 0.444. The summed E-state index contributed by atoms with van der Waals surface area (Å²) in [6, 6.07) is 6.91. The van der Waals surface area contributed by atoms with Crippen LogP contribution < -0.4 is 20.4 Å². The number of halogens is 6. The van der Waals surface area contributed by atoms with Crippen LogP contribution in [-0.2, 0) is 46.6 Å². The molecule has 0 aliphatic carbocycles. The standard InChI is InChI=1S/C23H32N6O6.2C2HF3O2/c1-16(28(4)21-17(8-6-10-26-21)14-33-19(30)12-24-2)35-23(32)29(5)22-18(9-7-11-27-22)15-34-20(31)13-25-3;2*3-2(4,5)1(6)7/h6-11,16,24-25H,12-15H2,1-5H3;2*(H,6,7). The average molecular weight is 717 g/mol. The van der Waals surface area contributed by atoms with Crippen LogP contribution in [0.25, 0.3) is 0 Å². The maximum Gasteiger partial charge on any atom is 0.490 e. The molecule has 0 aliphatic heterocycles. The molecule has 0 radical (unpaired) electrons. The van der Waals surface area contributed by atoms with Gasteiger partial charge < -0.3 is 40.0 Å². The Morgan fingerprint density at radius 1 is 0.776 bits per heavy atom. The number of pyridine rings is 2. The predicted octanol–water partition coefficient (Wildman–Crippen LogP) is 2.32. The van der Waals surface area contributed by atoms with Crippen molar-refractivity contribution >= 4 is 41.6 Å². The minimum atomic E-state index is -5.08. The number of nitrogens with one attached hydrogen (secondary N) is 2. The van der Waals surface area contributed by atoms with Gasteiger partial charge in [-0.1, -0.05) is 12.1 Å². The van der Waals surface area contributed by atoms with Gasteiger partial charge in [-0.15, -0.1) is 0 Å². The van der Waals surface area contributed by atoms with Crippen LogP contribution in [0.5, 0.6) is 0 Å². The fourth-order valence-electron chi connectivity index (χ4n) is 2.98. The normalized spacial score (nSPS) is 11.3. The summed E-state index contributed by atoms with van der Waals surface area (Å²) in [6.45, 7) is 1.84. The number of anilines is 2. The number of hydrogen-bond acceptors (Lipinski definition) is 13. The van der Waals surface area contributed by atoms with Crippen molar-refractivity contribution in [3.05, 3.63) is 47.8 Å². The van der Waals surface area contributed by atoms with Gasteiger partial charge in [-0.25, -0.2) is 24.4 Å². The lowest BCUT2D eigenvalue weighted by Gasteiger charge is -2.29. The van der Waals surface area contributed by atoms with Gasteiger partial charge in [0.1, 0.15) is 24.8 Å². The number of carboxylic acid groups (broad SMARTS) is 2. The molecule has 16 nitrogen and oxygen atoms in total. The molecule has 0 saturated carbocycles. The number of esters is 2. The zero-order chi connectivity index (χ0) is 37.9. The Hall–Kier alpha value is -5.25. The summed E-state index contributed by atoms with van der Waals surface area (Å²) in [6.07, 6.45) is -8.42. The van der Waals surface area contributed by atoms with E-state index in [0.717, 1.165) is 0 Å². The zero-order valence-electron chi connectivity index (χ0n) is 26.6. The third-order valence-electron chi connectivity index (χ3n) is 5.38. The van der Waals surface area contributed by atoms with E-state index in [-0.39, 0.29) is 26.3 Å². The summed E-state index contributed by atoms with van der Waals surface area (Å²) in [7, 11) is 6.53. The second-order valence-electron chi connectivity index (χ2n) is 9.11. The number of alkyl halides is 6. The Bertz CT molecular complexity index is 1370. The second kappa shape index (κ2) is 20.9. The second-order valence-corrected chi connectivity index (χ2v) is 9.11. The third kappa shape index (κ3) is 16.9. The SMILES string of the molecule is CNCC(=O)OCc1cccnc1N(C)C(=O)OC(C)N(C)c1ncccc1COC(=O)CNC.O=C(O)C(F)(F)F.O=C(O)C(F)(F)F. The molecular formula is C27H34F6N6O10. The molecule has 0 aromatic carbocycles. The van der Waals surface area contributed by atoms with Crippen LogP contribution in [0.1, 0.15) is 18.1 Å². The van der Waals surface area contributed by atoms with Crippen LogP contribution in [0.4, 0.5) is 42.8 Å². The van der Waals surface area contributed by atoms with Crippen LogP contribution >= 0.6 is 0 Å². The van der Waals surface area contributed by atoms with Crippen LogP contribution in [0.15, 0.2) is 36.7 Å². The summed E-state index contributed by atoms with van der Waals surface area (Å²) in [5.41, 5.74) is 1.21. The molecule has 4 N–H and O–H groups in total. The summed E-state index contributed by atoms with van der Waals surface area (Å²) < 4.78 is 79.6. The monoisotopic (exact) mass is 716 g/mol. The molecule has 0 bridgehead atoms. The fourth-order valence-corrected chi connectivity index (χ4v) is 2.98. The van der Waals surface area contributed by atoms with Crippen LogP contribution in [0, 0.1) is 0 Å². The average Bonchev–Trinajstić information content (AvgIpc) is 3.02. The highest BCUT2D eigenvalue weighted by Crippen LogP contribution is 2.22. The van der Waals surface area contributed by atoms with E-state index in [9.17, 15) is 40.7 Å². The van der Waals surface area contributed by atoms with Gasteiger partial charge in [-0.3, -0.25) is 14.5 Å². The van der Waals surface area contributed by atoms with E-state index in [1.165, 1.54) is 18.1 Å². The van der Waals surface area contributed by atoms with E-state index >= 15 is 0 Å².